The summed E-state index contributed by atoms with van der Waals surface area (Å²) < 4.78 is 34.9. The minimum Gasteiger partial charge on any atom is -0.497 e. The van der Waals surface area contributed by atoms with Gasteiger partial charge in [0, 0.05) is 17.0 Å². The first-order valence-corrected chi connectivity index (χ1v) is 11.3. The predicted molar refractivity (Wildman–Crippen MR) is 118 cm³/mol. The van der Waals surface area contributed by atoms with Crippen molar-refractivity contribution in [1.82, 2.24) is 0 Å². The Balaban J connectivity index is 2.07. The third-order valence-corrected chi connectivity index (χ3v) is 6.48. The number of ether oxygens (including phenoxy) is 2. The number of carbonyl (C=O) groups is 1. The van der Waals surface area contributed by atoms with Crippen LogP contribution in [0.15, 0.2) is 53.9 Å². The first-order valence-electron chi connectivity index (χ1n) is 9.63. The molecule has 0 radical (unpaired) electrons. The highest BCUT2D eigenvalue weighted by Crippen LogP contribution is 2.36. The number of hydrogen-bond acceptors (Lipinski definition) is 5. The van der Waals surface area contributed by atoms with Gasteiger partial charge in [-0.05, 0) is 41.3 Å². The fourth-order valence-corrected chi connectivity index (χ4v) is 4.66. The first kappa shape index (κ1) is 21.9. The second kappa shape index (κ2) is 8.14. The molecule has 0 saturated heterocycles. The quantitative estimate of drug-likeness (QED) is 0.719. The van der Waals surface area contributed by atoms with E-state index in [4.69, 9.17) is 9.47 Å². The van der Waals surface area contributed by atoms with Crippen LogP contribution >= 0.6 is 0 Å². The maximum absolute atomic E-state index is 13.5. The molecular formula is C23H27NO5S. The molecule has 6 nitrogen and oxygen atoms in total. The topological polar surface area (TPSA) is 72.9 Å². The van der Waals surface area contributed by atoms with Crippen LogP contribution in [0, 0.1) is 0 Å². The third-order valence-electron chi connectivity index (χ3n) is 5.11. The molecule has 1 aliphatic heterocycles. The molecule has 0 unspecified atom stereocenters. The molecule has 160 valence electrons. The van der Waals surface area contributed by atoms with Crippen molar-refractivity contribution < 1.29 is 22.7 Å². The normalized spacial score (nSPS) is 17.6. The lowest BCUT2D eigenvalue weighted by molar-refractivity contribution is 0.0982. The van der Waals surface area contributed by atoms with Gasteiger partial charge >= 0.3 is 0 Å². The molecule has 1 amide bonds. The summed E-state index contributed by atoms with van der Waals surface area (Å²) in [6.07, 6.45) is 1.54. The second-order valence-electron chi connectivity index (χ2n) is 8.27. The Morgan fingerprint density at radius 3 is 2.20 bits per heavy atom. The number of nitrogens with zero attached hydrogens (tertiary/aromatic N) is 1. The van der Waals surface area contributed by atoms with Gasteiger partial charge in [0.05, 0.1) is 31.7 Å². The number of rotatable bonds is 5. The van der Waals surface area contributed by atoms with Gasteiger partial charge in [-0.15, -0.1) is 0 Å². The molecule has 0 spiro atoms. The Hall–Kier alpha value is -2.80. The summed E-state index contributed by atoms with van der Waals surface area (Å²) in [6.45, 7) is 6.31. The van der Waals surface area contributed by atoms with Crippen LogP contribution in [0.2, 0.25) is 0 Å². The van der Waals surface area contributed by atoms with Gasteiger partial charge in [-0.25, -0.2) is 8.42 Å². The summed E-state index contributed by atoms with van der Waals surface area (Å²) >= 11 is 0. The minimum absolute atomic E-state index is 0.0390. The highest BCUT2D eigenvalue weighted by molar-refractivity contribution is 7.94. The van der Waals surface area contributed by atoms with E-state index in [-0.39, 0.29) is 17.1 Å². The Labute approximate surface area is 178 Å². The van der Waals surface area contributed by atoms with Crippen LogP contribution in [0.5, 0.6) is 11.5 Å². The van der Waals surface area contributed by atoms with Crippen molar-refractivity contribution in [1.29, 1.82) is 0 Å². The van der Waals surface area contributed by atoms with E-state index in [0.29, 0.717) is 22.7 Å². The molecule has 0 aliphatic carbocycles. The van der Waals surface area contributed by atoms with E-state index in [0.717, 1.165) is 11.0 Å². The molecule has 0 aromatic heterocycles. The smallest absolute Gasteiger partial charge is 0.258 e. The van der Waals surface area contributed by atoms with E-state index in [1.54, 1.807) is 43.5 Å². The average molecular weight is 430 g/mol. The zero-order valence-corrected chi connectivity index (χ0v) is 18.7. The van der Waals surface area contributed by atoms with E-state index >= 15 is 0 Å². The van der Waals surface area contributed by atoms with Gasteiger partial charge in [0.1, 0.15) is 11.5 Å². The number of amides is 1. The number of benzene rings is 2. The van der Waals surface area contributed by atoms with E-state index < -0.39 is 15.9 Å². The van der Waals surface area contributed by atoms with E-state index in [2.05, 4.69) is 20.8 Å². The zero-order chi connectivity index (χ0) is 22.1. The van der Waals surface area contributed by atoms with Gasteiger partial charge in [0.25, 0.3) is 5.91 Å². The van der Waals surface area contributed by atoms with Crippen LogP contribution in [-0.4, -0.2) is 40.3 Å². The molecule has 7 heteroatoms. The first-order chi connectivity index (χ1) is 14.1. The Bertz CT molecular complexity index is 1070. The molecule has 0 saturated carbocycles. The van der Waals surface area contributed by atoms with Crippen LogP contribution in [0.4, 0.5) is 5.69 Å². The maximum atomic E-state index is 13.5. The van der Waals surface area contributed by atoms with Crippen LogP contribution < -0.4 is 14.4 Å². The van der Waals surface area contributed by atoms with Gasteiger partial charge in [-0.3, -0.25) is 9.69 Å². The van der Waals surface area contributed by atoms with Crippen LogP contribution in [0.3, 0.4) is 0 Å². The molecule has 3 rings (SSSR count). The van der Waals surface area contributed by atoms with Crippen molar-refractivity contribution in [3.8, 4) is 11.5 Å². The minimum atomic E-state index is -3.36. The molecular weight excluding hydrogens is 402 g/mol. The fraction of sp³-hybridized carbons (Fsp3) is 0.348. The lowest BCUT2D eigenvalue weighted by Crippen LogP contribution is -2.41. The molecule has 2 aromatic rings. The number of anilines is 1. The zero-order valence-electron chi connectivity index (χ0n) is 17.9. The Morgan fingerprint density at radius 1 is 1.03 bits per heavy atom. The van der Waals surface area contributed by atoms with Gasteiger partial charge in [-0.1, -0.05) is 32.9 Å². The summed E-state index contributed by atoms with van der Waals surface area (Å²) in [7, 11) is -0.320. The fourth-order valence-electron chi connectivity index (χ4n) is 3.39. The van der Waals surface area contributed by atoms with E-state index in [1.165, 1.54) is 12.0 Å². The molecule has 30 heavy (non-hydrogen) atoms. The second-order valence-corrected chi connectivity index (χ2v) is 10.2. The summed E-state index contributed by atoms with van der Waals surface area (Å²) in [5.41, 5.74) is 2.02. The van der Waals surface area contributed by atoms with Gasteiger partial charge in [-0.2, -0.15) is 0 Å². The molecule has 1 aliphatic rings. The maximum Gasteiger partial charge on any atom is 0.258 e. The number of methoxy groups -OCH3 is 2. The molecule has 0 N–H and O–H groups in total. The summed E-state index contributed by atoms with van der Waals surface area (Å²) in [4.78, 5) is 15.0. The standard InChI is InChI=1S/C23H27NO5S/c1-23(2,3)17-8-6-16(7-9-17)22(25)24(18-12-13-30(26,27)15-18)20-11-10-19(28-4)14-21(20)29-5/h6-14,18H,15H2,1-5H3/t18-/m0/s1. The van der Waals surface area contributed by atoms with Crippen molar-refractivity contribution in [2.75, 3.05) is 24.9 Å². The van der Waals surface area contributed by atoms with Crippen molar-refractivity contribution >= 4 is 21.4 Å². The summed E-state index contributed by atoms with van der Waals surface area (Å²) in [6, 6.07) is 11.9. The Kier molecular flexibility index (Phi) is 5.94. The molecule has 2 aromatic carbocycles. The molecule has 1 heterocycles. The van der Waals surface area contributed by atoms with Crippen LogP contribution in [0.25, 0.3) is 0 Å². The number of hydrogen-bond donors (Lipinski definition) is 0. The monoisotopic (exact) mass is 429 g/mol. The third kappa shape index (κ3) is 4.51. The summed E-state index contributed by atoms with van der Waals surface area (Å²) in [5, 5.41) is 1.16. The van der Waals surface area contributed by atoms with Crippen LogP contribution in [0.1, 0.15) is 36.7 Å². The van der Waals surface area contributed by atoms with Crippen LogP contribution in [-0.2, 0) is 15.3 Å². The van der Waals surface area contributed by atoms with E-state index in [9.17, 15) is 13.2 Å². The van der Waals surface area contributed by atoms with Crippen molar-refractivity contribution in [3.63, 3.8) is 0 Å². The molecule has 1 atom stereocenters. The number of sulfone groups is 1. The molecule has 0 fully saturated rings. The predicted octanol–water partition coefficient (Wildman–Crippen LogP) is 3.96. The largest absolute Gasteiger partial charge is 0.497 e. The highest BCUT2D eigenvalue weighted by atomic mass is 32.2. The van der Waals surface area contributed by atoms with Crippen molar-refractivity contribution in [2.24, 2.45) is 0 Å². The van der Waals surface area contributed by atoms with Gasteiger partial charge < -0.3 is 9.47 Å². The lowest BCUT2D eigenvalue weighted by atomic mass is 9.86. The Morgan fingerprint density at radius 2 is 1.70 bits per heavy atom. The van der Waals surface area contributed by atoms with Gasteiger partial charge in [0.2, 0.25) is 0 Å². The SMILES string of the molecule is COc1ccc(N(C(=O)c2ccc(C(C)(C)C)cc2)[C@H]2C=CS(=O)(=O)C2)c(OC)c1. The highest BCUT2D eigenvalue weighted by Gasteiger charge is 2.33. The number of carbonyl (C=O) groups excluding carboxylic acids is 1. The van der Waals surface area contributed by atoms with Crippen molar-refractivity contribution in [2.45, 2.75) is 32.2 Å². The van der Waals surface area contributed by atoms with E-state index in [1.807, 2.05) is 12.1 Å². The lowest BCUT2D eigenvalue weighted by Gasteiger charge is -2.29. The average Bonchev–Trinajstić information content (AvgIpc) is 3.07. The van der Waals surface area contributed by atoms with Crippen molar-refractivity contribution in [3.05, 3.63) is 65.1 Å². The van der Waals surface area contributed by atoms with Gasteiger partial charge in [0.15, 0.2) is 9.84 Å². The molecule has 0 bridgehead atoms. The summed E-state index contributed by atoms with van der Waals surface area (Å²) in [5.74, 6) is 0.526.